The Morgan fingerprint density at radius 3 is 1.77 bits per heavy atom. The van der Waals surface area contributed by atoms with Crippen LogP contribution in [0.4, 0.5) is 0 Å². The average molecular weight is 184 g/mol. The van der Waals surface area contributed by atoms with Crippen LogP contribution in [-0.4, -0.2) is 19.0 Å². The third-order valence-electron chi connectivity index (χ3n) is 2.94. The monoisotopic (exact) mass is 184 g/mol. The number of carbonyl (C=O) groups is 1. The van der Waals surface area contributed by atoms with Crippen LogP contribution in [0.1, 0.15) is 27.7 Å². The number of hydrogen-bond acceptors (Lipinski definition) is 2. The summed E-state index contributed by atoms with van der Waals surface area (Å²) in [5.74, 6) is 1.49. The smallest absolute Gasteiger partial charge is 0.144 e. The Hall–Kier alpha value is -0.370. The third-order valence-corrected chi connectivity index (χ3v) is 2.94. The van der Waals surface area contributed by atoms with Crippen molar-refractivity contribution in [3.05, 3.63) is 0 Å². The molecule has 13 heavy (non-hydrogen) atoms. The Balaban J connectivity index is 2.66. The first-order valence-electron chi connectivity index (χ1n) is 5.15. The van der Waals surface area contributed by atoms with Gasteiger partial charge in [-0.3, -0.25) is 4.79 Å². The summed E-state index contributed by atoms with van der Waals surface area (Å²) in [6, 6.07) is 0. The number of carbonyl (C=O) groups excluding carboxylic acids is 1. The molecular formula is C11H20O2. The van der Waals surface area contributed by atoms with Gasteiger partial charge in [-0.15, -0.1) is 0 Å². The molecule has 1 rings (SSSR count). The van der Waals surface area contributed by atoms with Crippen molar-refractivity contribution in [1.82, 2.24) is 0 Å². The lowest BCUT2D eigenvalue weighted by atomic mass is 9.79. The van der Waals surface area contributed by atoms with Crippen LogP contribution in [0.25, 0.3) is 0 Å². The third kappa shape index (κ3) is 2.31. The minimum absolute atomic E-state index is 0.126. The summed E-state index contributed by atoms with van der Waals surface area (Å²) in [5.41, 5.74) is 0. The van der Waals surface area contributed by atoms with Gasteiger partial charge in [-0.1, -0.05) is 27.7 Å². The Labute approximate surface area is 80.7 Å². The molecule has 2 atom stereocenters. The first-order valence-corrected chi connectivity index (χ1v) is 5.15. The molecule has 0 saturated carbocycles. The molecule has 0 radical (unpaired) electrons. The van der Waals surface area contributed by atoms with Gasteiger partial charge in [0.05, 0.1) is 13.2 Å². The zero-order valence-corrected chi connectivity index (χ0v) is 9.04. The van der Waals surface area contributed by atoms with Gasteiger partial charge in [0.2, 0.25) is 0 Å². The maximum atomic E-state index is 11.9. The molecule has 1 saturated heterocycles. The maximum Gasteiger partial charge on any atom is 0.144 e. The van der Waals surface area contributed by atoms with Crippen molar-refractivity contribution in [2.24, 2.45) is 23.7 Å². The van der Waals surface area contributed by atoms with E-state index < -0.39 is 0 Å². The highest BCUT2D eigenvalue weighted by Crippen LogP contribution is 2.26. The average Bonchev–Trinajstić information content (AvgIpc) is 2.03. The van der Waals surface area contributed by atoms with E-state index >= 15 is 0 Å². The molecule has 2 unspecified atom stereocenters. The van der Waals surface area contributed by atoms with Crippen LogP contribution in [0.15, 0.2) is 0 Å². The van der Waals surface area contributed by atoms with Crippen LogP contribution >= 0.6 is 0 Å². The Kier molecular flexibility index (Phi) is 3.48. The normalized spacial score (nSPS) is 30.2. The number of ketones is 1. The van der Waals surface area contributed by atoms with E-state index in [1.54, 1.807) is 0 Å². The first kappa shape index (κ1) is 10.7. The minimum Gasteiger partial charge on any atom is -0.380 e. The number of Topliss-reactive ketones (excluding diaryl/α,β-unsaturated/α-hetero) is 1. The standard InChI is InChI=1S/C11H20O2/c1-7(2)9-5-13-6-10(8(3)4)11(9)12/h7-10H,5-6H2,1-4H3. The van der Waals surface area contributed by atoms with E-state index in [2.05, 4.69) is 27.7 Å². The number of ether oxygens (including phenoxy) is 1. The fraction of sp³-hybridized carbons (Fsp3) is 0.909. The second-order valence-electron chi connectivity index (χ2n) is 4.64. The summed E-state index contributed by atoms with van der Waals surface area (Å²) in [6.07, 6.45) is 0. The molecule has 76 valence electrons. The second-order valence-corrected chi connectivity index (χ2v) is 4.64. The molecule has 0 aromatic heterocycles. The van der Waals surface area contributed by atoms with Crippen LogP contribution in [0.2, 0.25) is 0 Å². The van der Waals surface area contributed by atoms with E-state index in [0.29, 0.717) is 30.8 Å². The summed E-state index contributed by atoms with van der Waals surface area (Å²) < 4.78 is 5.47. The van der Waals surface area contributed by atoms with Crippen molar-refractivity contribution >= 4 is 5.78 Å². The van der Waals surface area contributed by atoms with Gasteiger partial charge in [0, 0.05) is 11.8 Å². The predicted molar refractivity (Wildman–Crippen MR) is 52.5 cm³/mol. The van der Waals surface area contributed by atoms with Crippen LogP contribution in [-0.2, 0) is 9.53 Å². The highest BCUT2D eigenvalue weighted by Gasteiger charge is 2.35. The van der Waals surface area contributed by atoms with E-state index in [0.717, 1.165) is 0 Å². The van der Waals surface area contributed by atoms with Crippen molar-refractivity contribution in [2.45, 2.75) is 27.7 Å². The van der Waals surface area contributed by atoms with Gasteiger partial charge in [-0.2, -0.15) is 0 Å². The highest BCUT2D eigenvalue weighted by molar-refractivity contribution is 5.84. The molecule has 0 N–H and O–H groups in total. The molecule has 2 heteroatoms. The Bertz CT molecular complexity index is 167. The van der Waals surface area contributed by atoms with Gasteiger partial charge in [-0.05, 0) is 11.8 Å². The summed E-state index contributed by atoms with van der Waals surface area (Å²) >= 11 is 0. The van der Waals surface area contributed by atoms with Gasteiger partial charge in [0.15, 0.2) is 0 Å². The van der Waals surface area contributed by atoms with Gasteiger partial charge in [-0.25, -0.2) is 0 Å². The highest BCUT2D eigenvalue weighted by atomic mass is 16.5. The molecule has 0 amide bonds. The van der Waals surface area contributed by atoms with Crippen molar-refractivity contribution in [3.8, 4) is 0 Å². The Morgan fingerprint density at radius 1 is 1.08 bits per heavy atom. The summed E-state index contributed by atoms with van der Waals surface area (Å²) in [6.45, 7) is 9.62. The molecular weight excluding hydrogens is 164 g/mol. The van der Waals surface area contributed by atoms with Gasteiger partial charge >= 0.3 is 0 Å². The molecule has 1 fully saturated rings. The zero-order chi connectivity index (χ0) is 10.0. The first-order chi connectivity index (χ1) is 6.04. The van der Waals surface area contributed by atoms with E-state index in [1.165, 1.54) is 0 Å². The minimum atomic E-state index is 0.126. The zero-order valence-electron chi connectivity index (χ0n) is 9.04. The topological polar surface area (TPSA) is 26.3 Å². The quantitative estimate of drug-likeness (QED) is 0.657. The molecule has 1 aliphatic rings. The van der Waals surface area contributed by atoms with Gasteiger partial charge < -0.3 is 4.74 Å². The molecule has 0 aromatic rings. The van der Waals surface area contributed by atoms with Crippen LogP contribution in [0.5, 0.6) is 0 Å². The van der Waals surface area contributed by atoms with Crippen molar-refractivity contribution in [1.29, 1.82) is 0 Å². The Morgan fingerprint density at radius 2 is 1.46 bits per heavy atom. The number of rotatable bonds is 2. The van der Waals surface area contributed by atoms with E-state index in [-0.39, 0.29) is 11.8 Å². The molecule has 0 aliphatic carbocycles. The van der Waals surface area contributed by atoms with Crippen LogP contribution < -0.4 is 0 Å². The largest absolute Gasteiger partial charge is 0.380 e. The lowest BCUT2D eigenvalue weighted by molar-refractivity contribution is -0.141. The fourth-order valence-electron chi connectivity index (χ4n) is 1.80. The van der Waals surface area contributed by atoms with Gasteiger partial charge in [0.25, 0.3) is 0 Å². The molecule has 0 bridgehead atoms. The molecule has 1 heterocycles. The van der Waals surface area contributed by atoms with E-state index in [4.69, 9.17) is 4.74 Å². The van der Waals surface area contributed by atoms with Gasteiger partial charge in [0.1, 0.15) is 5.78 Å². The molecule has 0 spiro atoms. The van der Waals surface area contributed by atoms with Crippen LogP contribution in [0.3, 0.4) is 0 Å². The lowest BCUT2D eigenvalue weighted by Crippen LogP contribution is -2.41. The second kappa shape index (κ2) is 4.23. The predicted octanol–water partition coefficient (Wildman–Crippen LogP) is 2.13. The number of hydrogen-bond donors (Lipinski definition) is 0. The molecule has 1 aliphatic heterocycles. The molecule has 0 aromatic carbocycles. The maximum absolute atomic E-state index is 11.9. The van der Waals surface area contributed by atoms with E-state index in [9.17, 15) is 4.79 Å². The fourth-order valence-corrected chi connectivity index (χ4v) is 1.80. The molecule has 2 nitrogen and oxygen atoms in total. The summed E-state index contributed by atoms with van der Waals surface area (Å²) in [4.78, 5) is 11.9. The van der Waals surface area contributed by atoms with Crippen molar-refractivity contribution in [2.75, 3.05) is 13.2 Å². The van der Waals surface area contributed by atoms with Crippen molar-refractivity contribution in [3.63, 3.8) is 0 Å². The summed E-state index contributed by atoms with van der Waals surface area (Å²) in [5, 5.41) is 0. The van der Waals surface area contributed by atoms with Crippen molar-refractivity contribution < 1.29 is 9.53 Å². The summed E-state index contributed by atoms with van der Waals surface area (Å²) in [7, 11) is 0. The lowest BCUT2D eigenvalue weighted by Gasteiger charge is -2.32. The van der Waals surface area contributed by atoms with Crippen LogP contribution in [0, 0.1) is 23.7 Å². The van der Waals surface area contributed by atoms with E-state index in [1.807, 2.05) is 0 Å². The SMILES string of the molecule is CC(C)C1COCC(C(C)C)C1=O.